The van der Waals surface area contributed by atoms with Crippen molar-refractivity contribution in [3.05, 3.63) is 34.5 Å². The highest BCUT2D eigenvalue weighted by Gasteiger charge is 2.33. The largest absolute Gasteiger partial charge is 0.493 e. The molecular formula is C9H5F3N4O2. The van der Waals surface area contributed by atoms with Crippen LogP contribution < -0.4 is 5.56 Å². The summed E-state index contributed by atoms with van der Waals surface area (Å²) in [6.07, 6.45) is -3.11. The van der Waals surface area contributed by atoms with Gasteiger partial charge in [-0.15, -0.1) is 0 Å². The van der Waals surface area contributed by atoms with Crippen LogP contribution in [0.25, 0.3) is 11.5 Å². The van der Waals surface area contributed by atoms with Gasteiger partial charge >= 0.3 is 6.18 Å². The summed E-state index contributed by atoms with van der Waals surface area (Å²) in [5, 5.41) is 9.08. The zero-order valence-corrected chi connectivity index (χ0v) is 8.56. The first-order valence-corrected chi connectivity index (χ1v) is 4.56. The van der Waals surface area contributed by atoms with E-state index in [0.717, 1.165) is 12.3 Å². The van der Waals surface area contributed by atoms with E-state index in [1.54, 1.807) is 0 Å². The predicted octanol–water partition coefficient (Wildman–Crippen LogP) is 0.951. The van der Waals surface area contributed by atoms with Crippen LogP contribution in [0.5, 0.6) is 5.88 Å². The Balaban J connectivity index is 2.54. The van der Waals surface area contributed by atoms with Crippen LogP contribution in [0.2, 0.25) is 0 Å². The van der Waals surface area contributed by atoms with Crippen LogP contribution in [0.3, 0.4) is 0 Å². The first-order valence-electron chi connectivity index (χ1n) is 4.56. The highest BCUT2D eigenvalue weighted by atomic mass is 19.4. The third-order valence-electron chi connectivity index (χ3n) is 1.90. The lowest BCUT2D eigenvalue weighted by atomic mass is 10.3. The van der Waals surface area contributed by atoms with Crippen molar-refractivity contribution in [3.8, 4) is 17.4 Å². The highest BCUT2D eigenvalue weighted by Crippen LogP contribution is 2.27. The van der Waals surface area contributed by atoms with Crippen molar-refractivity contribution in [1.29, 1.82) is 0 Å². The minimum Gasteiger partial charge on any atom is -0.493 e. The molecule has 0 radical (unpaired) electrons. The Morgan fingerprint density at radius 1 is 1.22 bits per heavy atom. The Labute approximate surface area is 97.2 Å². The summed E-state index contributed by atoms with van der Waals surface area (Å²) in [5.74, 6) is -0.911. The molecule has 0 spiro atoms. The molecule has 0 aromatic carbocycles. The Morgan fingerprint density at radius 3 is 2.56 bits per heavy atom. The van der Waals surface area contributed by atoms with Crippen LogP contribution in [0, 0.1) is 0 Å². The van der Waals surface area contributed by atoms with E-state index in [9.17, 15) is 18.0 Å². The van der Waals surface area contributed by atoms with Crippen molar-refractivity contribution in [2.75, 3.05) is 0 Å². The number of halogens is 3. The zero-order chi connectivity index (χ0) is 13.3. The number of hydrogen-bond acceptors (Lipinski definition) is 5. The summed E-state index contributed by atoms with van der Waals surface area (Å²) in [4.78, 5) is 23.3. The summed E-state index contributed by atoms with van der Waals surface area (Å²) in [7, 11) is 0. The molecule has 2 aromatic rings. The summed E-state index contributed by atoms with van der Waals surface area (Å²) < 4.78 is 37.2. The number of hydrogen-bond donors (Lipinski definition) is 2. The number of rotatable bonds is 1. The molecule has 0 bridgehead atoms. The van der Waals surface area contributed by atoms with Gasteiger partial charge in [-0.2, -0.15) is 18.2 Å². The second kappa shape index (κ2) is 4.09. The van der Waals surface area contributed by atoms with Crippen molar-refractivity contribution in [2.24, 2.45) is 0 Å². The molecule has 94 valence electrons. The van der Waals surface area contributed by atoms with Crippen LogP contribution in [0.4, 0.5) is 13.2 Å². The van der Waals surface area contributed by atoms with E-state index >= 15 is 0 Å². The topological polar surface area (TPSA) is 91.8 Å². The van der Waals surface area contributed by atoms with E-state index in [1.807, 2.05) is 0 Å². The third-order valence-corrected chi connectivity index (χ3v) is 1.90. The minimum absolute atomic E-state index is 0.293. The summed E-state index contributed by atoms with van der Waals surface area (Å²) >= 11 is 0. The quantitative estimate of drug-likeness (QED) is 0.794. The average Bonchev–Trinajstić information content (AvgIpc) is 2.27. The Hall–Kier alpha value is -2.45. The van der Waals surface area contributed by atoms with Gasteiger partial charge in [-0.1, -0.05) is 0 Å². The van der Waals surface area contributed by atoms with Crippen molar-refractivity contribution in [1.82, 2.24) is 19.9 Å². The Bertz CT molecular complexity index is 638. The fourth-order valence-corrected chi connectivity index (χ4v) is 1.18. The van der Waals surface area contributed by atoms with Gasteiger partial charge in [0.15, 0.2) is 11.5 Å². The predicted molar refractivity (Wildman–Crippen MR) is 52.6 cm³/mol. The molecule has 18 heavy (non-hydrogen) atoms. The second-order valence-corrected chi connectivity index (χ2v) is 3.24. The van der Waals surface area contributed by atoms with Crippen LogP contribution >= 0.6 is 0 Å². The fourth-order valence-electron chi connectivity index (χ4n) is 1.18. The van der Waals surface area contributed by atoms with Crippen molar-refractivity contribution < 1.29 is 18.3 Å². The maximum atomic E-state index is 12.4. The molecule has 9 heteroatoms. The maximum Gasteiger partial charge on any atom is 0.434 e. The molecule has 0 aliphatic heterocycles. The van der Waals surface area contributed by atoms with E-state index in [1.165, 1.54) is 0 Å². The van der Waals surface area contributed by atoms with E-state index < -0.39 is 23.3 Å². The molecule has 0 fully saturated rings. The van der Waals surface area contributed by atoms with Gasteiger partial charge < -0.3 is 10.1 Å². The number of aromatic hydroxyl groups is 1. The summed E-state index contributed by atoms with van der Waals surface area (Å²) in [6, 6.07) is 0.782. The monoisotopic (exact) mass is 258 g/mol. The van der Waals surface area contributed by atoms with Gasteiger partial charge in [-0.25, -0.2) is 4.98 Å². The lowest BCUT2D eigenvalue weighted by Crippen LogP contribution is -2.11. The number of nitrogens with zero attached hydrogens (tertiary/aromatic N) is 3. The van der Waals surface area contributed by atoms with E-state index in [0.29, 0.717) is 6.20 Å². The number of H-pyrrole nitrogens is 1. The summed E-state index contributed by atoms with van der Waals surface area (Å²) in [6.45, 7) is 0. The van der Waals surface area contributed by atoms with Gasteiger partial charge in [0.1, 0.15) is 5.69 Å². The minimum atomic E-state index is -4.65. The van der Waals surface area contributed by atoms with Crippen LogP contribution in [0.15, 0.2) is 23.3 Å². The van der Waals surface area contributed by atoms with Gasteiger partial charge in [0.2, 0.25) is 5.88 Å². The van der Waals surface area contributed by atoms with Gasteiger partial charge in [0.05, 0.1) is 18.5 Å². The average molecular weight is 258 g/mol. The molecule has 2 rings (SSSR count). The number of nitrogens with one attached hydrogen (secondary N) is 1. The van der Waals surface area contributed by atoms with Crippen molar-refractivity contribution in [3.63, 3.8) is 0 Å². The molecule has 0 aliphatic carbocycles. The molecule has 0 saturated carbocycles. The van der Waals surface area contributed by atoms with Crippen molar-refractivity contribution >= 4 is 0 Å². The number of aromatic amines is 1. The van der Waals surface area contributed by atoms with E-state index in [2.05, 4.69) is 19.9 Å². The fraction of sp³-hybridized carbons (Fsp3) is 0.111. The lowest BCUT2D eigenvalue weighted by molar-refractivity contribution is -0.141. The molecule has 6 nitrogen and oxygen atoms in total. The normalized spacial score (nSPS) is 11.5. The molecular weight excluding hydrogens is 253 g/mol. The van der Waals surface area contributed by atoms with E-state index in [-0.39, 0.29) is 11.5 Å². The van der Waals surface area contributed by atoms with Crippen molar-refractivity contribution in [2.45, 2.75) is 6.18 Å². The molecule has 0 amide bonds. The van der Waals surface area contributed by atoms with Gasteiger partial charge in [-0.3, -0.25) is 9.78 Å². The molecule has 2 heterocycles. The summed E-state index contributed by atoms with van der Waals surface area (Å²) in [5.41, 5.74) is -2.22. The van der Waals surface area contributed by atoms with Gasteiger partial charge in [0, 0.05) is 0 Å². The number of aromatic nitrogens is 4. The Morgan fingerprint density at radius 2 is 1.94 bits per heavy atom. The standard InChI is InChI=1S/C9H5F3N4O2/c10-9(11,12)5-3-13-2-4(14-5)8-15-6(17)1-7(18)16-8/h1-3H,(H2,15,16,17,18). The van der Waals surface area contributed by atoms with Gasteiger partial charge in [0.25, 0.3) is 5.56 Å². The lowest BCUT2D eigenvalue weighted by Gasteiger charge is -2.06. The van der Waals surface area contributed by atoms with Gasteiger partial charge in [-0.05, 0) is 0 Å². The van der Waals surface area contributed by atoms with Crippen LogP contribution in [0.1, 0.15) is 5.69 Å². The third kappa shape index (κ3) is 2.44. The second-order valence-electron chi connectivity index (χ2n) is 3.24. The first-order chi connectivity index (χ1) is 8.36. The van der Waals surface area contributed by atoms with Crippen LogP contribution in [-0.2, 0) is 6.18 Å². The molecule has 2 N–H and O–H groups in total. The molecule has 0 unspecified atom stereocenters. The smallest absolute Gasteiger partial charge is 0.434 e. The Kier molecular flexibility index (Phi) is 2.73. The molecule has 0 aliphatic rings. The highest BCUT2D eigenvalue weighted by molar-refractivity contribution is 5.47. The SMILES string of the molecule is O=c1cc(O)nc(-c2cncc(C(F)(F)F)n2)[nH]1. The zero-order valence-electron chi connectivity index (χ0n) is 8.56. The molecule has 0 saturated heterocycles. The maximum absolute atomic E-state index is 12.4. The molecule has 0 atom stereocenters. The van der Waals surface area contributed by atoms with E-state index in [4.69, 9.17) is 5.11 Å². The first kappa shape index (κ1) is 12.0. The van der Waals surface area contributed by atoms with Crippen LogP contribution in [-0.4, -0.2) is 25.0 Å². The molecule has 2 aromatic heterocycles. The number of alkyl halides is 3.